The van der Waals surface area contributed by atoms with E-state index in [1.165, 1.54) is 10.9 Å². The minimum Gasteiger partial charge on any atom is -0.352 e. The van der Waals surface area contributed by atoms with Gasteiger partial charge in [0.25, 0.3) is 0 Å². The summed E-state index contributed by atoms with van der Waals surface area (Å²) in [6, 6.07) is 14.2. The Hall–Kier alpha value is -2.35. The van der Waals surface area contributed by atoms with E-state index in [2.05, 4.69) is 30.1 Å². The Balaban J connectivity index is 2.03. The van der Waals surface area contributed by atoms with E-state index < -0.39 is 0 Å². The zero-order chi connectivity index (χ0) is 13.0. The molecule has 0 spiro atoms. The second kappa shape index (κ2) is 3.58. The van der Waals surface area contributed by atoms with Crippen LogP contribution < -0.4 is 0 Å². The monoisotopic (exact) mass is 247 g/mol. The molecule has 1 aliphatic carbocycles. The minimum absolute atomic E-state index is 0.116. The lowest BCUT2D eigenvalue weighted by Crippen LogP contribution is -2.14. The first-order chi connectivity index (χ1) is 9.24. The highest BCUT2D eigenvalue weighted by Crippen LogP contribution is 2.32. The van der Waals surface area contributed by atoms with Crippen molar-refractivity contribution in [1.82, 2.24) is 4.98 Å². The Kier molecular flexibility index (Phi) is 1.99. The van der Waals surface area contributed by atoms with Crippen molar-refractivity contribution in [3.05, 3.63) is 70.4 Å². The fraction of sp³-hybridized carbons (Fsp3) is 0.118. The van der Waals surface area contributed by atoms with Crippen LogP contribution >= 0.6 is 0 Å². The van der Waals surface area contributed by atoms with Gasteiger partial charge in [-0.25, -0.2) is 0 Å². The molecule has 1 aromatic heterocycles. The Morgan fingerprint density at radius 1 is 1.11 bits per heavy atom. The summed E-state index contributed by atoms with van der Waals surface area (Å²) in [6.45, 7) is 2.07. The van der Waals surface area contributed by atoms with E-state index in [1.807, 2.05) is 24.3 Å². The van der Waals surface area contributed by atoms with Crippen LogP contribution in [0.4, 0.5) is 0 Å². The molecule has 0 radical (unpaired) electrons. The van der Waals surface area contributed by atoms with E-state index >= 15 is 0 Å². The molecule has 0 fully saturated rings. The van der Waals surface area contributed by atoms with Gasteiger partial charge in [0.2, 0.25) is 5.78 Å². The van der Waals surface area contributed by atoms with Crippen molar-refractivity contribution in [1.29, 1.82) is 0 Å². The largest absolute Gasteiger partial charge is 0.352 e. The van der Waals surface area contributed by atoms with Gasteiger partial charge in [0.15, 0.2) is 0 Å². The van der Waals surface area contributed by atoms with Gasteiger partial charge in [0.05, 0.1) is 5.69 Å². The molecular weight excluding hydrogens is 234 g/mol. The van der Waals surface area contributed by atoms with Crippen LogP contribution in [0.2, 0.25) is 0 Å². The predicted molar refractivity (Wildman–Crippen MR) is 75.7 cm³/mol. The number of carbonyl (C=O) groups excluding carboxylic acids is 1. The first-order valence-corrected chi connectivity index (χ1v) is 6.48. The van der Waals surface area contributed by atoms with Crippen LogP contribution in [0.25, 0.3) is 10.9 Å². The molecule has 0 bridgehead atoms. The van der Waals surface area contributed by atoms with Crippen molar-refractivity contribution in [3.63, 3.8) is 0 Å². The molecule has 1 aliphatic rings. The number of rotatable bonds is 0. The van der Waals surface area contributed by atoms with Gasteiger partial charge in [-0.05, 0) is 29.7 Å². The topological polar surface area (TPSA) is 32.9 Å². The molecule has 4 rings (SSSR count). The number of carbonyl (C=O) groups is 1. The van der Waals surface area contributed by atoms with Gasteiger partial charge >= 0.3 is 0 Å². The van der Waals surface area contributed by atoms with Crippen molar-refractivity contribution in [2.45, 2.75) is 13.3 Å². The molecule has 0 unspecified atom stereocenters. The van der Waals surface area contributed by atoms with E-state index in [0.717, 1.165) is 34.3 Å². The van der Waals surface area contributed by atoms with Crippen molar-refractivity contribution >= 4 is 16.7 Å². The van der Waals surface area contributed by atoms with Crippen LogP contribution in [0.5, 0.6) is 0 Å². The average molecular weight is 247 g/mol. The molecule has 0 saturated carbocycles. The van der Waals surface area contributed by atoms with Crippen LogP contribution in [0, 0.1) is 6.92 Å². The quantitative estimate of drug-likeness (QED) is 0.506. The van der Waals surface area contributed by atoms with Gasteiger partial charge < -0.3 is 4.98 Å². The van der Waals surface area contributed by atoms with E-state index in [4.69, 9.17) is 0 Å². The van der Waals surface area contributed by atoms with Crippen LogP contribution in [-0.2, 0) is 6.42 Å². The molecule has 0 atom stereocenters. The SMILES string of the molecule is Cc1ccc2c3c([nH]c2c1)C(=O)c1ccccc1C3. The number of H-pyrrole nitrogens is 1. The number of aromatic amines is 1. The van der Waals surface area contributed by atoms with Gasteiger partial charge in [-0.2, -0.15) is 0 Å². The maximum atomic E-state index is 12.5. The third-order valence-electron chi connectivity index (χ3n) is 3.92. The average Bonchev–Trinajstić information content (AvgIpc) is 2.77. The number of fused-ring (bicyclic) bond motifs is 4. The summed E-state index contributed by atoms with van der Waals surface area (Å²) in [6.07, 6.45) is 0.834. The first-order valence-electron chi connectivity index (χ1n) is 6.48. The Labute approximate surface area is 111 Å². The van der Waals surface area contributed by atoms with E-state index in [9.17, 15) is 4.79 Å². The second-order valence-electron chi connectivity index (χ2n) is 5.19. The third kappa shape index (κ3) is 1.40. The summed E-state index contributed by atoms with van der Waals surface area (Å²) in [5.41, 5.74) is 6.12. The van der Waals surface area contributed by atoms with Crippen LogP contribution in [-0.4, -0.2) is 10.8 Å². The fourth-order valence-electron chi connectivity index (χ4n) is 2.97. The molecule has 0 aliphatic heterocycles. The Morgan fingerprint density at radius 3 is 2.84 bits per heavy atom. The van der Waals surface area contributed by atoms with Crippen LogP contribution in [0.3, 0.4) is 0 Å². The molecule has 19 heavy (non-hydrogen) atoms. The lowest BCUT2D eigenvalue weighted by Gasteiger charge is -2.14. The zero-order valence-electron chi connectivity index (χ0n) is 10.7. The van der Waals surface area contributed by atoms with Gasteiger partial charge in [-0.15, -0.1) is 0 Å². The number of aryl methyl sites for hydroxylation is 1. The summed E-state index contributed by atoms with van der Waals surface area (Å²) in [5, 5.41) is 1.17. The number of ketones is 1. The number of hydrogen-bond acceptors (Lipinski definition) is 1. The molecule has 0 saturated heterocycles. The molecule has 2 aromatic carbocycles. The van der Waals surface area contributed by atoms with Gasteiger partial charge in [0.1, 0.15) is 0 Å². The smallest absolute Gasteiger partial charge is 0.209 e. The van der Waals surface area contributed by atoms with Crippen LogP contribution in [0.15, 0.2) is 42.5 Å². The number of nitrogens with one attached hydrogen (secondary N) is 1. The van der Waals surface area contributed by atoms with Crippen LogP contribution in [0.1, 0.15) is 32.7 Å². The molecule has 0 amide bonds. The second-order valence-corrected chi connectivity index (χ2v) is 5.19. The van der Waals surface area contributed by atoms with Crippen molar-refractivity contribution < 1.29 is 4.79 Å². The van der Waals surface area contributed by atoms with Gasteiger partial charge in [0, 0.05) is 22.9 Å². The highest BCUT2D eigenvalue weighted by atomic mass is 16.1. The normalized spacial score (nSPS) is 13.4. The fourth-order valence-corrected chi connectivity index (χ4v) is 2.97. The summed E-state index contributed by atoms with van der Waals surface area (Å²) in [7, 11) is 0. The first kappa shape index (κ1) is 10.6. The standard InChI is InChI=1S/C17H13NO/c1-10-6-7-13-14-9-11-4-2-3-5-12(11)17(19)16(14)18-15(13)8-10/h2-8,18H,9H2,1H3. The molecule has 3 aromatic rings. The highest BCUT2D eigenvalue weighted by Gasteiger charge is 2.26. The summed E-state index contributed by atoms with van der Waals surface area (Å²) < 4.78 is 0. The molecule has 1 N–H and O–H groups in total. The molecule has 2 nitrogen and oxygen atoms in total. The maximum Gasteiger partial charge on any atom is 0.209 e. The Bertz CT molecular complexity index is 826. The maximum absolute atomic E-state index is 12.5. The molecular formula is C17H13NO. The predicted octanol–water partition coefficient (Wildman–Crippen LogP) is 3.61. The van der Waals surface area contributed by atoms with Crippen molar-refractivity contribution in [2.24, 2.45) is 0 Å². The van der Waals surface area contributed by atoms with Gasteiger partial charge in [-0.1, -0.05) is 36.4 Å². The number of aromatic nitrogens is 1. The zero-order valence-corrected chi connectivity index (χ0v) is 10.7. The van der Waals surface area contributed by atoms with E-state index in [0.29, 0.717) is 0 Å². The lowest BCUT2D eigenvalue weighted by molar-refractivity contribution is 0.103. The molecule has 2 heteroatoms. The van der Waals surface area contributed by atoms with E-state index in [-0.39, 0.29) is 5.78 Å². The van der Waals surface area contributed by atoms with Gasteiger partial charge in [-0.3, -0.25) is 4.79 Å². The molecule has 92 valence electrons. The summed E-state index contributed by atoms with van der Waals surface area (Å²) >= 11 is 0. The number of benzene rings is 2. The highest BCUT2D eigenvalue weighted by molar-refractivity contribution is 6.14. The summed E-state index contributed by atoms with van der Waals surface area (Å²) in [5.74, 6) is 0.116. The van der Waals surface area contributed by atoms with E-state index in [1.54, 1.807) is 0 Å². The van der Waals surface area contributed by atoms with Crippen molar-refractivity contribution in [3.8, 4) is 0 Å². The van der Waals surface area contributed by atoms with Crippen molar-refractivity contribution in [2.75, 3.05) is 0 Å². The third-order valence-corrected chi connectivity index (χ3v) is 3.92. The Morgan fingerprint density at radius 2 is 1.95 bits per heavy atom. The lowest BCUT2D eigenvalue weighted by atomic mass is 9.88. The summed E-state index contributed by atoms with van der Waals surface area (Å²) in [4.78, 5) is 15.8. The minimum atomic E-state index is 0.116. The number of hydrogen-bond donors (Lipinski definition) is 1. The molecule has 1 heterocycles.